The SMILES string of the molecule is Cc1nnc(-c2ccc(S(=O)(=O)NCc3cccc(Br)c3)s2)o1. The maximum atomic E-state index is 12.4. The summed E-state index contributed by atoms with van der Waals surface area (Å²) in [6.45, 7) is 1.90. The lowest BCUT2D eigenvalue weighted by molar-refractivity contribution is 0.534. The normalized spacial score (nSPS) is 11.7. The van der Waals surface area contributed by atoms with Crippen molar-refractivity contribution in [3.8, 4) is 10.8 Å². The first-order chi connectivity index (χ1) is 10.9. The third-order valence-electron chi connectivity index (χ3n) is 2.94. The predicted octanol–water partition coefficient (Wildman–Crippen LogP) is 3.35. The van der Waals surface area contributed by atoms with Crippen molar-refractivity contribution in [3.05, 3.63) is 52.3 Å². The Bertz CT molecular complexity index is 934. The van der Waals surface area contributed by atoms with Crippen molar-refractivity contribution in [1.29, 1.82) is 0 Å². The summed E-state index contributed by atoms with van der Waals surface area (Å²) in [5.41, 5.74) is 0.868. The van der Waals surface area contributed by atoms with E-state index in [4.69, 9.17) is 4.42 Å². The fourth-order valence-electron chi connectivity index (χ4n) is 1.87. The molecular weight excluding hydrogens is 402 g/mol. The third kappa shape index (κ3) is 3.86. The average Bonchev–Trinajstić information content (AvgIpc) is 3.14. The summed E-state index contributed by atoms with van der Waals surface area (Å²) >= 11 is 4.45. The van der Waals surface area contributed by atoms with Crippen LogP contribution in [-0.2, 0) is 16.6 Å². The summed E-state index contributed by atoms with van der Waals surface area (Å²) in [6, 6.07) is 10.6. The highest BCUT2D eigenvalue weighted by Crippen LogP contribution is 2.29. The summed E-state index contributed by atoms with van der Waals surface area (Å²) in [4.78, 5) is 0.619. The fraction of sp³-hybridized carbons (Fsp3) is 0.143. The zero-order valence-corrected chi connectivity index (χ0v) is 15.2. The zero-order chi connectivity index (χ0) is 16.4. The molecule has 0 unspecified atom stereocenters. The van der Waals surface area contributed by atoms with Gasteiger partial charge in [0.15, 0.2) is 0 Å². The van der Waals surface area contributed by atoms with Crippen molar-refractivity contribution >= 4 is 37.3 Å². The van der Waals surface area contributed by atoms with E-state index in [0.29, 0.717) is 16.7 Å². The molecule has 0 amide bonds. The van der Waals surface area contributed by atoms with E-state index >= 15 is 0 Å². The van der Waals surface area contributed by atoms with Gasteiger partial charge in [-0.1, -0.05) is 28.1 Å². The number of hydrogen-bond donors (Lipinski definition) is 1. The molecule has 0 radical (unpaired) electrons. The standard InChI is InChI=1S/C14H12BrN3O3S2/c1-9-17-18-14(21-9)12-5-6-13(22-12)23(19,20)16-8-10-3-2-4-11(15)7-10/h2-7,16H,8H2,1H3. The van der Waals surface area contributed by atoms with Crippen LogP contribution in [0.5, 0.6) is 0 Å². The summed E-state index contributed by atoms with van der Waals surface area (Å²) < 4.78 is 33.7. The molecule has 0 saturated carbocycles. The van der Waals surface area contributed by atoms with Gasteiger partial charge in [-0.15, -0.1) is 21.5 Å². The van der Waals surface area contributed by atoms with Crippen LogP contribution in [0.2, 0.25) is 0 Å². The second-order valence-corrected chi connectivity index (χ2v) is 8.69. The van der Waals surface area contributed by atoms with Crippen molar-refractivity contribution in [2.75, 3.05) is 0 Å². The maximum Gasteiger partial charge on any atom is 0.257 e. The van der Waals surface area contributed by atoms with E-state index in [-0.39, 0.29) is 10.8 Å². The molecule has 2 aromatic heterocycles. The van der Waals surface area contributed by atoms with Gasteiger partial charge >= 0.3 is 0 Å². The lowest BCUT2D eigenvalue weighted by Gasteiger charge is -2.05. The fourth-order valence-corrected chi connectivity index (χ4v) is 4.61. The molecule has 6 nitrogen and oxygen atoms in total. The number of nitrogens with zero attached hydrogens (tertiary/aromatic N) is 2. The Labute approximate surface area is 145 Å². The van der Waals surface area contributed by atoms with Crippen LogP contribution in [0.25, 0.3) is 10.8 Å². The number of aromatic nitrogens is 2. The van der Waals surface area contributed by atoms with E-state index in [1.165, 1.54) is 6.07 Å². The number of thiophene rings is 1. The van der Waals surface area contributed by atoms with E-state index in [9.17, 15) is 8.42 Å². The summed E-state index contributed by atoms with van der Waals surface area (Å²) in [6.07, 6.45) is 0. The van der Waals surface area contributed by atoms with Crippen LogP contribution in [0.1, 0.15) is 11.5 Å². The topological polar surface area (TPSA) is 85.1 Å². The molecule has 23 heavy (non-hydrogen) atoms. The van der Waals surface area contributed by atoms with Gasteiger partial charge in [-0.25, -0.2) is 13.1 Å². The molecular formula is C14H12BrN3O3S2. The number of hydrogen-bond acceptors (Lipinski definition) is 6. The molecule has 0 atom stereocenters. The van der Waals surface area contributed by atoms with Crippen molar-refractivity contribution in [1.82, 2.24) is 14.9 Å². The summed E-state index contributed by atoms with van der Waals surface area (Å²) in [5, 5.41) is 7.63. The van der Waals surface area contributed by atoms with Crippen molar-refractivity contribution in [2.45, 2.75) is 17.7 Å². The van der Waals surface area contributed by atoms with Gasteiger partial charge in [0, 0.05) is 17.9 Å². The molecule has 0 fully saturated rings. The predicted molar refractivity (Wildman–Crippen MR) is 90.5 cm³/mol. The van der Waals surface area contributed by atoms with Gasteiger partial charge in [0.1, 0.15) is 4.21 Å². The summed E-state index contributed by atoms with van der Waals surface area (Å²) in [7, 11) is -3.59. The molecule has 0 bridgehead atoms. The van der Waals surface area contributed by atoms with E-state index < -0.39 is 10.0 Å². The lowest BCUT2D eigenvalue weighted by Crippen LogP contribution is -2.22. The smallest absolute Gasteiger partial charge is 0.257 e. The van der Waals surface area contributed by atoms with Gasteiger partial charge in [-0.2, -0.15) is 0 Å². The molecule has 2 heterocycles. The van der Waals surface area contributed by atoms with Gasteiger partial charge in [-0.05, 0) is 29.8 Å². The Kier molecular flexibility index (Phi) is 4.62. The highest BCUT2D eigenvalue weighted by atomic mass is 79.9. The molecule has 9 heteroatoms. The minimum absolute atomic E-state index is 0.207. The first-order valence-electron chi connectivity index (χ1n) is 6.58. The maximum absolute atomic E-state index is 12.4. The largest absolute Gasteiger partial charge is 0.420 e. The Balaban J connectivity index is 1.76. The number of benzene rings is 1. The van der Waals surface area contributed by atoms with Crippen LogP contribution in [0.15, 0.2) is 49.5 Å². The van der Waals surface area contributed by atoms with Crippen LogP contribution in [0.3, 0.4) is 0 Å². The molecule has 120 valence electrons. The second kappa shape index (κ2) is 6.52. The second-order valence-electron chi connectivity index (χ2n) is 4.70. The highest BCUT2D eigenvalue weighted by molar-refractivity contribution is 9.10. The van der Waals surface area contributed by atoms with Crippen LogP contribution < -0.4 is 4.72 Å². The van der Waals surface area contributed by atoms with Gasteiger partial charge in [0.05, 0.1) is 4.88 Å². The first-order valence-corrected chi connectivity index (χ1v) is 9.68. The molecule has 0 saturated heterocycles. The number of halogens is 1. The van der Waals surface area contributed by atoms with E-state index in [1.807, 2.05) is 24.3 Å². The molecule has 0 aliphatic rings. The Morgan fingerprint density at radius 1 is 1.26 bits per heavy atom. The van der Waals surface area contributed by atoms with Crippen LogP contribution in [0, 0.1) is 6.92 Å². The Morgan fingerprint density at radius 3 is 2.78 bits per heavy atom. The van der Waals surface area contributed by atoms with E-state index in [0.717, 1.165) is 21.4 Å². The number of rotatable bonds is 5. The van der Waals surface area contributed by atoms with Crippen LogP contribution >= 0.6 is 27.3 Å². The number of aryl methyl sites for hydroxylation is 1. The van der Waals surface area contributed by atoms with Crippen LogP contribution in [0.4, 0.5) is 0 Å². The minimum Gasteiger partial charge on any atom is -0.420 e. The highest BCUT2D eigenvalue weighted by Gasteiger charge is 2.19. The first kappa shape index (κ1) is 16.3. The third-order valence-corrected chi connectivity index (χ3v) is 6.40. The minimum atomic E-state index is -3.59. The van der Waals surface area contributed by atoms with Crippen molar-refractivity contribution in [3.63, 3.8) is 0 Å². The molecule has 1 aromatic carbocycles. The number of nitrogens with one attached hydrogen (secondary N) is 1. The average molecular weight is 414 g/mol. The van der Waals surface area contributed by atoms with Crippen molar-refractivity contribution < 1.29 is 12.8 Å². The van der Waals surface area contributed by atoms with Gasteiger partial charge in [0.2, 0.25) is 15.9 Å². The molecule has 1 N–H and O–H groups in total. The van der Waals surface area contributed by atoms with Crippen LogP contribution in [-0.4, -0.2) is 18.6 Å². The molecule has 0 spiro atoms. The van der Waals surface area contributed by atoms with E-state index in [2.05, 4.69) is 30.8 Å². The van der Waals surface area contributed by atoms with Crippen molar-refractivity contribution in [2.24, 2.45) is 0 Å². The quantitative estimate of drug-likeness (QED) is 0.692. The number of sulfonamides is 1. The monoisotopic (exact) mass is 413 g/mol. The Hall–Kier alpha value is -1.55. The molecule has 3 aromatic rings. The van der Waals surface area contributed by atoms with E-state index in [1.54, 1.807) is 13.0 Å². The lowest BCUT2D eigenvalue weighted by atomic mass is 10.2. The van der Waals surface area contributed by atoms with Gasteiger partial charge in [-0.3, -0.25) is 0 Å². The zero-order valence-electron chi connectivity index (χ0n) is 12.0. The molecule has 3 rings (SSSR count). The van der Waals surface area contributed by atoms with Gasteiger partial charge in [0.25, 0.3) is 5.89 Å². The molecule has 0 aliphatic heterocycles. The Morgan fingerprint density at radius 2 is 2.09 bits per heavy atom. The van der Waals surface area contributed by atoms with Gasteiger partial charge < -0.3 is 4.42 Å². The summed E-state index contributed by atoms with van der Waals surface area (Å²) in [5.74, 6) is 0.756. The molecule has 0 aliphatic carbocycles.